The van der Waals surface area contributed by atoms with Gasteiger partial charge in [-0.2, -0.15) is 5.48 Å². The van der Waals surface area contributed by atoms with E-state index in [0.29, 0.717) is 11.5 Å². The van der Waals surface area contributed by atoms with Gasteiger partial charge in [0.25, 0.3) is 0 Å². The van der Waals surface area contributed by atoms with E-state index in [1.54, 1.807) is 0 Å². The summed E-state index contributed by atoms with van der Waals surface area (Å²) in [6.07, 6.45) is 9.87. The van der Waals surface area contributed by atoms with Gasteiger partial charge < -0.3 is 4.84 Å². The number of nitrogens with one attached hydrogen (secondary N) is 1. The zero-order chi connectivity index (χ0) is 9.15. The Labute approximate surface area is 81.0 Å². The average molecular weight is 183 g/mol. The molecule has 0 aromatic carbocycles. The Bertz CT molecular complexity index is 158. The Balaban J connectivity index is 1.93. The highest BCUT2D eigenvalue weighted by Gasteiger charge is 2.44. The minimum Gasteiger partial charge on any atom is -0.302 e. The Morgan fingerprint density at radius 1 is 1.23 bits per heavy atom. The summed E-state index contributed by atoms with van der Waals surface area (Å²) in [5, 5.41) is 0. The standard InChI is InChI=1S/C11H21NO/c1-2-13-12-10-6-5-9-11(10)7-3-4-8-11/h10,12H,2-9H2,1H3. The van der Waals surface area contributed by atoms with Crippen LogP contribution in [0.1, 0.15) is 51.9 Å². The second kappa shape index (κ2) is 3.97. The smallest absolute Gasteiger partial charge is 0.0654 e. The summed E-state index contributed by atoms with van der Waals surface area (Å²) < 4.78 is 0. The van der Waals surface area contributed by atoms with Crippen molar-refractivity contribution in [2.24, 2.45) is 5.41 Å². The van der Waals surface area contributed by atoms with Crippen molar-refractivity contribution in [3.05, 3.63) is 0 Å². The lowest BCUT2D eigenvalue weighted by molar-refractivity contribution is -0.00597. The maximum atomic E-state index is 5.35. The first-order chi connectivity index (χ1) is 6.37. The lowest BCUT2D eigenvalue weighted by Crippen LogP contribution is -2.39. The van der Waals surface area contributed by atoms with Crippen molar-refractivity contribution in [1.82, 2.24) is 5.48 Å². The van der Waals surface area contributed by atoms with Gasteiger partial charge in [-0.05, 0) is 38.0 Å². The fourth-order valence-corrected chi connectivity index (χ4v) is 3.18. The Hall–Kier alpha value is -0.0800. The molecule has 13 heavy (non-hydrogen) atoms. The zero-order valence-corrected chi connectivity index (χ0v) is 8.64. The van der Waals surface area contributed by atoms with Crippen LogP contribution < -0.4 is 5.48 Å². The molecule has 2 heteroatoms. The lowest BCUT2D eigenvalue weighted by atomic mass is 9.81. The Morgan fingerprint density at radius 2 is 1.92 bits per heavy atom. The normalized spacial score (nSPS) is 31.6. The highest BCUT2D eigenvalue weighted by atomic mass is 16.6. The van der Waals surface area contributed by atoms with Crippen LogP contribution >= 0.6 is 0 Å². The quantitative estimate of drug-likeness (QED) is 0.679. The second-order valence-corrected chi connectivity index (χ2v) is 4.57. The summed E-state index contributed by atoms with van der Waals surface area (Å²) in [5.41, 5.74) is 3.88. The SMILES string of the molecule is CCONC1CCCC12CCCC2. The Morgan fingerprint density at radius 3 is 2.62 bits per heavy atom. The molecule has 0 aromatic heterocycles. The van der Waals surface area contributed by atoms with E-state index >= 15 is 0 Å². The van der Waals surface area contributed by atoms with E-state index in [0.717, 1.165) is 6.61 Å². The van der Waals surface area contributed by atoms with Crippen molar-refractivity contribution in [3.63, 3.8) is 0 Å². The van der Waals surface area contributed by atoms with Gasteiger partial charge in [0.1, 0.15) is 0 Å². The van der Waals surface area contributed by atoms with Gasteiger partial charge in [-0.25, -0.2) is 0 Å². The third kappa shape index (κ3) is 1.75. The monoisotopic (exact) mass is 183 g/mol. The van der Waals surface area contributed by atoms with Gasteiger partial charge in [-0.3, -0.25) is 0 Å². The predicted molar refractivity (Wildman–Crippen MR) is 53.3 cm³/mol. The van der Waals surface area contributed by atoms with E-state index in [4.69, 9.17) is 4.84 Å². The van der Waals surface area contributed by atoms with E-state index in [2.05, 4.69) is 5.48 Å². The van der Waals surface area contributed by atoms with Crippen molar-refractivity contribution >= 4 is 0 Å². The largest absolute Gasteiger partial charge is 0.302 e. The number of hydroxylamine groups is 1. The molecule has 2 aliphatic rings. The molecule has 1 spiro atoms. The van der Waals surface area contributed by atoms with Crippen LogP contribution in [0.2, 0.25) is 0 Å². The minimum absolute atomic E-state index is 0.620. The summed E-state index contributed by atoms with van der Waals surface area (Å²) >= 11 is 0. The Kier molecular flexibility index (Phi) is 2.89. The maximum absolute atomic E-state index is 5.35. The van der Waals surface area contributed by atoms with E-state index < -0.39 is 0 Å². The van der Waals surface area contributed by atoms with Crippen LogP contribution in [0.3, 0.4) is 0 Å². The number of hydrogen-bond acceptors (Lipinski definition) is 2. The van der Waals surface area contributed by atoms with E-state index in [9.17, 15) is 0 Å². The zero-order valence-electron chi connectivity index (χ0n) is 8.64. The molecule has 0 saturated heterocycles. The third-order valence-electron chi connectivity index (χ3n) is 3.88. The summed E-state index contributed by atoms with van der Waals surface area (Å²) in [5.74, 6) is 0. The number of rotatable bonds is 3. The van der Waals surface area contributed by atoms with Crippen molar-refractivity contribution in [3.8, 4) is 0 Å². The first kappa shape index (κ1) is 9.47. The molecule has 2 fully saturated rings. The van der Waals surface area contributed by atoms with Gasteiger partial charge in [0.2, 0.25) is 0 Å². The van der Waals surface area contributed by atoms with Crippen molar-refractivity contribution in [1.29, 1.82) is 0 Å². The molecule has 1 atom stereocenters. The minimum atomic E-state index is 0.620. The summed E-state index contributed by atoms with van der Waals surface area (Å²) in [4.78, 5) is 5.35. The van der Waals surface area contributed by atoms with Gasteiger partial charge in [0.05, 0.1) is 6.61 Å². The van der Waals surface area contributed by atoms with Gasteiger partial charge in [-0.1, -0.05) is 19.3 Å². The third-order valence-corrected chi connectivity index (χ3v) is 3.88. The maximum Gasteiger partial charge on any atom is 0.0654 e. The van der Waals surface area contributed by atoms with Crippen molar-refractivity contribution < 1.29 is 4.84 Å². The second-order valence-electron chi connectivity index (χ2n) is 4.57. The highest BCUT2D eigenvalue weighted by Crippen LogP contribution is 2.50. The molecule has 0 bridgehead atoms. The first-order valence-electron chi connectivity index (χ1n) is 5.75. The molecule has 0 heterocycles. The van der Waals surface area contributed by atoms with Crippen molar-refractivity contribution in [2.45, 2.75) is 57.9 Å². The highest BCUT2D eigenvalue weighted by molar-refractivity contribution is 4.97. The number of hydrogen-bond donors (Lipinski definition) is 1. The molecule has 2 nitrogen and oxygen atoms in total. The van der Waals surface area contributed by atoms with Gasteiger partial charge in [0.15, 0.2) is 0 Å². The molecule has 1 N–H and O–H groups in total. The molecular weight excluding hydrogens is 162 g/mol. The van der Waals surface area contributed by atoms with Crippen molar-refractivity contribution in [2.75, 3.05) is 6.61 Å². The molecule has 2 rings (SSSR count). The van der Waals surface area contributed by atoms with Crippen LogP contribution in [0.5, 0.6) is 0 Å². The fourth-order valence-electron chi connectivity index (χ4n) is 3.18. The molecule has 0 aromatic rings. The molecular formula is C11H21NO. The molecule has 1 unspecified atom stereocenters. The van der Waals surface area contributed by atoms with E-state index in [1.807, 2.05) is 6.92 Å². The summed E-state index contributed by atoms with van der Waals surface area (Å²) in [6, 6.07) is 0.648. The summed E-state index contributed by atoms with van der Waals surface area (Å²) in [7, 11) is 0. The van der Waals surface area contributed by atoms with Crippen LogP contribution in [0.4, 0.5) is 0 Å². The van der Waals surface area contributed by atoms with E-state index in [1.165, 1.54) is 44.9 Å². The van der Waals surface area contributed by atoms with Crippen LogP contribution in [0, 0.1) is 5.41 Å². The van der Waals surface area contributed by atoms with Gasteiger partial charge in [0, 0.05) is 6.04 Å². The van der Waals surface area contributed by atoms with Crippen LogP contribution in [-0.2, 0) is 4.84 Å². The molecule has 0 aliphatic heterocycles. The topological polar surface area (TPSA) is 21.3 Å². The molecule has 76 valence electrons. The molecule has 2 saturated carbocycles. The first-order valence-corrected chi connectivity index (χ1v) is 5.75. The van der Waals surface area contributed by atoms with Crippen LogP contribution in [-0.4, -0.2) is 12.6 Å². The molecule has 0 radical (unpaired) electrons. The summed E-state index contributed by atoms with van der Waals surface area (Å²) in [6.45, 7) is 2.83. The van der Waals surface area contributed by atoms with Gasteiger partial charge >= 0.3 is 0 Å². The van der Waals surface area contributed by atoms with Crippen LogP contribution in [0.25, 0.3) is 0 Å². The lowest BCUT2D eigenvalue weighted by Gasteiger charge is -2.31. The average Bonchev–Trinajstić information content (AvgIpc) is 2.75. The van der Waals surface area contributed by atoms with E-state index in [-0.39, 0.29) is 0 Å². The van der Waals surface area contributed by atoms with Gasteiger partial charge in [-0.15, -0.1) is 0 Å². The molecule has 2 aliphatic carbocycles. The fraction of sp³-hybridized carbons (Fsp3) is 1.00. The predicted octanol–water partition coefficient (Wildman–Crippen LogP) is 2.64. The van der Waals surface area contributed by atoms with Crippen LogP contribution in [0.15, 0.2) is 0 Å². The molecule has 0 amide bonds.